The predicted octanol–water partition coefficient (Wildman–Crippen LogP) is 2.70. The number of hydrogen-bond acceptors (Lipinski definition) is 4. The molecule has 1 aromatic rings. The van der Waals surface area contributed by atoms with Crippen LogP contribution >= 0.6 is 0 Å². The van der Waals surface area contributed by atoms with Crippen LogP contribution in [0.2, 0.25) is 0 Å². The third-order valence-corrected chi connectivity index (χ3v) is 3.75. The van der Waals surface area contributed by atoms with Gasteiger partial charge in [-0.1, -0.05) is 6.08 Å². The van der Waals surface area contributed by atoms with Crippen LogP contribution < -0.4 is 14.8 Å². The molecule has 6 nitrogen and oxygen atoms in total. The maximum Gasteiger partial charge on any atom is 0.327 e. The maximum atomic E-state index is 11.7. The molecule has 0 radical (unpaired) electrons. The summed E-state index contributed by atoms with van der Waals surface area (Å²) in [6.45, 7) is 0. The number of nitrogens with one attached hydrogen (secondary N) is 1. The van der Waals surface area contributed by atoms with E-state index in [1.54, 1.807) is 18.2 Å². The lowest BCUT2D eigenvalue weighted by Crippen LogP contribution is -2.34. The number of hydrogen-bond donors (Lipinski definition) is 2. The Morgan fingerprint density at radius 3 is 2.68 bits per heavy atom. The van der Waals surface area contributed by atoms with Gasteiger partial charge in [0, 0.05) is 37.1 Å². The van der Waals surface area contributed by atoms with Crippen molar-refractivity contribution in [1.82, 2.24) is 0 Å². The summed E-state index contributed by atoms with van der Waals surface area (Å²) < 4.78 is 11.8. The average molecular weight is 303 g/mol. The van der Waals surface area contributed by atoms with E-state index in [-0.39, 0.29) is 12.3 Å². The highest BCUT2D eigenvalue weighted by Crippen LogP contribution is 2.47. The molecule has 22 heavy (non-hydrogen) atoms. The normalized spacial score (nSPS) is 18.0. The van der Waals surface area contributed by atoms with Crippen molar-refractivity contribution >= 4 is 17.6 Å². The van der Waals surface area contributed by atoms with E-state index in [0.717, 1.165) is 31.8 Å². The van der Waals surface area contributed by atoms with Gasteiger partial charge in [0.1, 0.15) is 0 Å². The largest absolute Gasteiger partial charge is 0.478 e. The molecule has 1 spiro atoms. The highest BCUT2D eigenvalue weighted by molar-refractivity contribution is 5.92. The molecule has 0 aromatic heterocycles. The summed E-state index contributed by atoms with van der Waals surface area (Å²) in [5, 5.41) is 11.2. The van der Waals surface area contributed by atoms with E-state index in [2.05, 4.69) is 5.32 Å². The first kappa shape index (κ1) is 14.4. The highest BCUT2D eigenvalue weighted by Gasteiger charge is 2.44. The number of rotatable bonds is 4. The van der Waals surface area contributed by atoms with E-state index < -0.39 is 11.8 Å². The lowest BCUT2D eigenvalue weighted by molar-refractivity contribution is -0.131. The van der Waals surface area contributed by atoms with Gasteiger partial charge in [-0.05, 0) is 25.0 Å². The van der Waals surface area contributed by atoms with E-state index in [0.29, 0.717) is 17.2 Å². The number of carboxylic acid groups (broad SMARTS) is 1. The van der Waals surface area contributed by atoms with Gasteiger partial charge in [-0.2, -0.15) is 0 Å². The fourth-order valence-electron chi connectivity index (χ4n) is 2.77. The zero-order valence-corrected chi connectivity index (χ0v) is 12.0. The van der Waals surface area contributed by atoms with E-state index in [1.807, 2.05) is 0 Å². The third-order valence-electron chi connectivity index (χ3n) is 3.75. The van der Waals surface area contributed by atoms with Gasteiger partial charge in [-0.25, -0.2) is 4.79 Å². The lowest BCUT2D eigenvalue weighted by atomic mass is 10.2. The van der Waals surface area contributed by atoms with Gasteiger partial charge in [0.05, 0.1) is 0 Å². The first-order valence-electron chi connectivity index (χ1n) is 7.28. The Morgan fingerprint density at radius 2 is 1.95 bits per heavy atom. The molecule has 6 heteroatoms. The molecular weight excluding hydrogens is 286 g/mol. The van der Waals surface area contributed by atoms with Crippen molar-refractivity contribution in [2.75, 3.05) is 5.32 Å². The SMILES string of the molecule is O=C(O)C=CCC(=O)Nc1ccc2c(c1)OC1(CCCC1)O2. The number of carbonyl (C=O) groups excluding carboxylic acids is 1. The number of carboxylic acids is 1. The number of anilines is 1. The van der Waals surface area contributed by atoms with Gasteiger partial charge < -0.3 is 19.9 Å². The topological polar surface area (TPSA) is 84.9 Å². The van der Waals surface area contributed by atoms with Crippen molar-refractivity contribution in [1.29, 1.82) is 0 Å². The minimum atomic E-state index is -1.07. The van der Waals surface area contributed by atoms with E-state index >= 15 is 0 Å². The number of ether oxygens (including phenoxy) is 2. The van der Waals surface area contributed by atoms with Crippen LogP contribution in [0.5, 0.6) is 11.5 Å². The summed E-state index contributed by atoms with van der Waals surface area (Å²) in [5.74, 6) is -0.536. The Balaban J connectivity index is 1.63. The predicted molar refractivity (Wildman–Crippen MR) is 78.9 cm³/mol. The summed E-state index contributed by atoms with van der Waals surface area (Å²) in [6, 6.07) is 5.27. The minimum Gasteiger partial charge on any atom is -0.478 e. The third kappa shape index (κ3) is 3.05. The number of fused-ring (bicyclic) bond motifs is 1. The van der Waals surface area contributed by atoms with Crippen LogP contribution in [0.25, 0.3) is 0 Å². The zero-order valence-electron chi connectivity index (χ0n) is 12.0. The zero-order chi connectivity index (χ0) is 15.6. The monoisotopic (exact) mass is 303 g/mol. The molecule has 1 fully saturated rings. The lowest BCUT2D eigenvalue weighted by Gasteiger charge is -2.21. The van der Waals surface area contributed by atoms with Crippen molar-refractivity contribution in [3.05, 3.63) is 30.4 Å². The molecule has 0 saturated heterocycles. The molecule has 1 aliphatic heterocycles. The second kappa shape index (κ2) is 5.71. The standard InChI is InChI=1S/C16H17NO5/c18-14(4-3-5-15(19)20)17-11-6-7-12-13(10-11)22-16(21-12)8-1-2-9-16/h3,5-7,10H,1-2,4,8-9H2,(H,17,18)(H,19,20). The Kier molecular flexibility index (Phi) is 3.75. The summed E-state index contributed by atoms with van der Waals surface area (Å²) in [5.41, 5.74) is 0.603. The summed E-state index contributed by atoms with van der Waals surface area (Å²) in [7, 11) is 0. The molecule has 1 aromatic carbocycles. The van der Waals surface area contributed by atoms with Crippen molar-refractivity contribution in [2.24, 2.45) is 0 Å². The number of carbonyl (C=O) groups is 2. The summed E-state index contributed by atoms with van der Waals surface area (Å²) in [6.07, 6.45) is 6.19. The molecule has 3 rings (SSSR count). The van der Waals surface area contributed by atoms with Crippen LogP contribution in [0.1, 0.15) is 32.1 Å². The van der Waals surface area contributed by atoms with Gasteiger partial charge in [0.25, 0.3) is 5.79 Å². The molecular formula is C16H17NO5. The van der Waals surface area contributed by atoms with Crippen LogP contribution in [-0.2, 0) is 9.59 Å². The van der Waals surface area contributed by atoms with Crippen LogP contribution in [0, 0.1) is 0 Å². The fraction of sp³-hybridized carbons (Fsp3) is 0.375. The first-order valence-corrected chi connectivity index (χ1v) is 7.28. The van der Waals surface area contributed by atoms with E-state index in [9.17, 15) is 9.59 Å². The molecule has 1 amide bonds. The van der Waals surface area contributed by atoms with Crippen molar-refractivity contribution in [2.45, 2.75) is 37.9 Å². The van der Waals surface area contributed by atoms with Gasteiger partial charge in [0.2, 0.25) is 5.91 Å². The second-order valence-electron chi connectivity index (χ2n) is 5.48. The Bertz CT molecular complexity index is 631. The molecule has 1 saturated carbocycles. The molecule has 1 heterocycles. The average Bonchev–Trinajstić information content (AvgIpc) is 3.04. The van der Waals surface area contributed by atoms with E-state index in [4.69, 9.17) is 14.6 Å². The van der Waals surface area contributed by atoms with Gasteiger partial charge in [0.15, 0.2) is 11.5 Å². The van der Waals surface area contributed by atoms with Gasteiger partial charge in [-0.3, -0.25) is 4.79 Å². The molecule has 2 N–H and O–H groups in total. The number of amides is 1. The molecule has 2 aliphatic rings. The van der Waals surface area contributed by atoms with Crippen LogP contribution in [0.4, 0.5) is 5.69 Å². The van der Waals surface area contributed by atoms with Crippen molar-refractivity contribution < 1.29 is 24.2 Å². The molecule has 1 aliphatic carbocycles. The van der Waals surface area contributed by atoms with Crippen LogP contribution in [0.3, 0.4) is 0 Å². The highest BCUT2D eigenvalue weighted by atomic mass is 16.7. The first-order chi connectivity index (χ1) is 10.6. The van der Waals surface area contributed by atoms with Crippen LogP contribution in [-0.4, -0.2) is 22.8 Å². The molecule has 116 valence electrons. The van der Waals surface area contributed by atoms with E-state index in [1.165, 1.54) is 6.08 Å². The Morgan fingerprint density at radius 1 is 1.23 bits per heavy atom. The quantitative estimate of drug-likeness (QED) is 0.835. The van der Waals surface area contributed by atoms with Crippen molar-refractivity contribution in [3.8, 4) is 11.5 Å². The smallest absolute Gasteiger partial charge is 0.327 e. The van der Waals surface area contributed by atoms with Gasteiger partial charge in [-0.15, -0.1) is 0 Å². The van der Waals surface area contributed by atoms with Gasteiger partial charge >= 0.3 is 5.97 Å². The summed E-state index contributed by atoms with van der Waals surface area (Å²) >= 11 is 0. The van der Waals surface area contributed by atoms with Crippen LogP contribution in [0.15, 0.2) is 30.4 Å². The number of benzene rings is 1. The second-order valence-corrected chi connectivity index (χ2v) is 5.48. The minimum absolute atomic E-state index is 0.00464. The Hall–Kier alpha value is -2.50. The fourth-order valence-corrected chi connectivity index (χ4v) is 2.77. The Labute approximate surface area is 127 Å². The molecule has 0 atom stereocenters. The summed E-state index contributed by atoms with van der Waals surface area (Å²) in [4.78, 5) is 22.1. The number of aliphatic carboxylic acids is 1. The molecule has 0 bridgehead atoms. The van der Waals surface area contributed by atoms with Crippen molar-refractivity contribution in [3.63, 3.8) is 0 Å². The maximum absolute atomic E-state index is 11.7. The molecule has 0 unspecified atom stereocenters.